The minimum Gasteiger partial charge on any atom is -0.380 e. The molecule has 0 fully saturated rings. The van der Waals surface area contributed by atoms with Crippen LogP contribution in [0.15, 0.2) is 29.3 Å². The van der Waals surface area contributed by atoms with Gasteiger partial charge in [0.05, 0.1) is 6.61 Å². The zero-order valence-electron chi connectivity index (χ0n) is 12.5. The van der Waals surface area contributed by atoms with Gasteiger partial charge in [-0.15, -0.1) is 0 Å². The van der Waals surface area contributed by atoms with E-state index in [4.69, 9.17) is 4.74 Å². The molecule has 4 nitrogen and oxygen atoms in total. The molecule has 0 radical (unpaired) electrons. The summed E-state index contributed by atoms with van der Waals surface area (Å²) >= 11 is 0. The maximum absolute atomic E-state index is 5.32. The lowest BCUT2D eigenvalue weighted by atomic mass is 9.78. The predicted molar refractivity (Wildman–Crippen MR) is 83.4 cm³/mol. The van der Waals surface area contributed by atoms with E-state index in [0.717, 1.165) is 38.6 Å². The fraction of sp³-hybridized carbons (Fsp3) is 0.562. The summed E-state index contributed by atoms with van der Waals surface area (Å²) in [6, 6.07) is 8.65. The third-order valence-corrected chi connectivity index (χ3v) is 3.52. The zero-order valence-corrected chi connectivity index (χ0v) is 12.5. The molecular formula is C16H25N3O. The summed E-state index contributed by atoms with van der Waals surface area (Å²) < 4.78 is 5.32. The highest BCUT2D eigenvalue weighted by Crippen LogP contribution is 2.34. The molecule has 0 aliphatic heterocycles. The number of guanidine groups is 1. The van der Waals surface area contributed by atoms with E-state index in [2.05, 4.69) is 46.8 Å². The Morgan fingerprint density at radius 3 is 2.90 bits per heavy atom. The van der Waals surface area contributed by atoms with Crippen LogP contribution in [-0.2, 0) is 11.2 Å². The number of benzene rings is 1. The molecule has 0 amide bonds. The summed E-state index contributed by atoms with van der Waals surface area (Å²) in [5, 5.41) is 6.57. The smallest absolute Gasteiger partial charge is 0.191 e. The average molecular weight is 275 g/mol. The minimum absolute atomic E-state index is 0.577. The van der Waals surface area contributed by atoms with Crippen molar-refractivity contribution in [3.8, 4) is 0 Å². The molecule has 0 aromatic heterocycles. The van der Waals surface area contributed by atoms with E-state index in [1.807, 2.05) is 6.92 Å². The fourth-order valence-electron chi connectivity index (χ4n) is 2.45. The van der Waals surface area contributed by atoms with E-state index in [9.17, 15) is 0 Å². The van der Waals surface area contributed by atoms with Crippen LogP contribution in [0.2, 0.25) is 0 Å². The van der Waals surface area contributed by atoms with Crippen LogP contribution < -0.4 is 10.6 Å². The predicted octanol–water partition coefficient (Wildman–Crippen LogP) is 1.92. The summed E-state index contributed by atoms with van der Waals surface area (Å²) in [5.41, 5.74) is 2.93. The number of ether oxygens (including phenoxy) is 1. The second kappa shape index (κ2) is 7.90. The molecule has 0 spiro atoms. The molecule has 1 atom stereocenters. The first-order valence-corrected chi connectivity index (χ1v) is 7.52. The molecule has 2 N–H and O–H groups in total. The molecule has 1 aromatic carbocycles. The van der Waals surface area contributed by atoms with Gasteiger partial charge in [-0.2, -0.15) is 0 Å². The van der Waals surface area contributed by atoms with Crippen LogP contribution in [0.3, 0.4) is 0 Å². The van der Waals surface area contributed by atoms with Gasteiger partial charge < -0.3 is 15.4 Å². The van der Waals surface area contributed by atoms with Crippen molar-refractivity contribution in [2.24, 2.45) is 4.99 Å². The van der Waals surface area contributed by atoms with E-state index in [1.165, 1.54) is 11.1 Å². The summed E-state index contributed by atoms with van der Waals surface area (Å²) in [5.74, 6) is 1.46. The number of nitrogens with zero attached hydrogens (tertiary/aromatic N) is 1. The van der Waals surface area contributed by atoms with E-state index < -0.39 is 0 Å². The molecule has 0 heterocycles. The van der Waals surface area contributed by atoms with Gasteiger partial charge >= 0.3 is 0 Å². The number of nitrogens with one attached hydrogen (secondary N) is 2. The van der Waals surface area contributed by atoms with Gasteiger partial charge in [0.15, 0.2) is 5.96 Å². The molecule has 4 heteroatoms. The van der Waals surface area contributed by atoms with Crippen molar-refractivity contribution >= 4 is 5.96 Å². The van der Waals surface area contributed by atoms with Crippen molar-refractivity contribution < 1.29 is 4.74 Å². The van der Waals surface area contributed by atoms with Crippen LogP contribution in [0.1, 0.15) is 30.9 Å². The number of fused-ring (bicyclic) bond motifs is 1. The Morgan fingerprint density at radius 1 is 1.30 bits per heavy atom. The topological polar surface area (TPSA) is 45.7 Å². The van der Waals surface area contributed by atoms with E-state index >= 15 is 0 Å². The van der Waals surface area contributed by atoms with Gasteiger partial charge in [0.1, 0.15) is 0 Å². The normalized spacial score (nSPS) is 17.3. The van der Waals surface area contributed by atoms with Crippen LogP contribution in [0.4, 0.5) is 0 Å². The van der Waals surface area contributed by atoms with Crippen molar-refractivity contribution in [1.82, 2.24) is 10.6 Å². The van der Waals surface area contributed by atoms with Gasteiger partial charge in [-0.05, 0) is 31.4 Å². The van der Waals surface area contributed by atoms with Crippen LogP contribution in [0, 0.1) is 0 Å². The van der Waals surface area contributed by atoms with Gasteiger partial charge in [0, 0.05) is 32.2 Å². The Kier molecular flexibility index (Phi) is 5.87. The summed E-state index contributed by atoms with van der Waals surface area (Å²) in [6.07, 6.45) is 1.15. The van der Waals surface area contributed by atoms with Crippen molar-refractivity contribution in [2.45, 2.75) is 26.2 Å². The maximum atomic E-state index is 5.32. The quantitative estimate of drug-likeness (QED) is 0.454. The first-order valence-electron chi connectivity index (χ1n) is 7.52. The summed E-state index contributed by atoms with van der Waals surface area (Å²) in [4.78, 5) is 4.67. The highest BCUT2D eigenvalue weighted by Gasteiger charge is 2.24. The average Bonchev–Trinajstić information content (AvgIpc) is 2.44. The number of rotatable bonds is 7. The summed E-state index contributed by atoms with van der Waals surface area (Å²) in [6.45, 7) is 8.08. The highest BCUT2D eigenvalue weighted by molar-refractivity contribution is 5.79. The number of hydrogen-bond donors (Lipinski definition) is 2. The van der Waals surface area contributed by atoms with Gasteiger partial charge in [-0.3, -0.25) is 4.99 Å². The Morgan fingerprint density at radius 2 is 2.15 bits per heavy atom. The van der Waals surface area contributed by atoms with Gasteiger partial charge in [-0.25, -0.2) is 0 Å². The first kappa shape index (κ1) is 14.9. The highest BCUT2D eigenvalue weighted by atomic mass is 16.5. The van der Waals surface area contributed by atoms with Gasteiger partial charge in [-0.1, -0.05) is 24.3 Å². The molecule has 20 heavy (non-hydrogen) atoms. The molecule has 1 unspecified atom stereocenters. The van der Waals surface area contributed by atoms with Crippen molar-refractivity contribution in [3.63, 3.8) is 0 Å². The molecule has 110 valence electrons. The monoisotopic (exact) mass is 275 g/mol. The van der Waals surface area contributed by atoms with E-state index in [-0.39, 0.29) is 0 Å². The first-order chi connectivity index (χ1) is 9.85. The molecular weight excluding hydrogens is 250 g/mol. The molecule has 1 aliphatic rings. The Bertz CT molecular complexity index is 445. The third kappa shape index (κ3) is 3.97. The lowest BCUT2D eigenvalue weighted by molar-refractivity contribution is 0.152. The van der Waals surface area contributed by atoms with E-state index in [1.54, 1.807) is 0 Å². The van der Waals surface area contributed by atoms with Gasteiger partial charge in [0.25, 0.3) is 0 Å². The molecule has 0 saturated heterocycles. The lowest BCUT2D eigenvalue weighted by Crippen LogP contribution is -2.39. The number of hydrogen-bond acceptors (Lipinski definition) is 2. The fourth-order valence-corrected chi connectivity index (χ4v) is 2.45. The SMILES string of the molecule is CCNC(=NCC1Cc2ccccc21)NCCOCC. The second-order valence-corrected chi connectivity index (χ2v) is 4.94. The van der Waals surface area contributed by atoms with Crippen LogP contribution in [0.25, 0.3) is 0 Å². The second-order valence-electron chi connectivity index (χ2n) is 4.94. The van der Waals surface area contributed by atoms with E-state index in [0.29, 0.717) is 12.5 Å². The third-order valence-electron chi connectivity index (χ3n) is 3.52. The molecule has 0 saturated carbocycles. The molecule has 1 aromatic rings. The largest absolute Gasteiger partial charge is 0.380 e. The van der Waals surface area contributed by atoms with Gasteiger partial charge in [0.2, 0.25) is 0 Å². The van der Waals surface area contributed by atoms with Crippen molar-refractivity contribution in [1.29, 1.82) is 0 Å². The van der Waals surface area contributed by atoms with Crippen LogP contribution >= 0.6 is 0 Å². The zero-order chi connectivity index (χ0) is 14.2. The standard InChI is InChI=1S/C16H25N3O/c1-3-17-16(18-9-10-20-4-2)19-12-14-11-13-7-5-6-8-15(13)14/h5-8,14H,3-4,9-12H2,1-2H3,(H2,17,18,19). The van der Waals surface area contributed by atoms with Crippen molar-refractivity contribution in [2.75, 3.05) is 32.8 Å². The van der Waals surface area contributed by atoms with Crippen molar-refractivity contribution in [3.05, 3.63) is 35.4 Å². The number of aliphatic imine (C=N–C) groups is 1. The molecule has 1 aliphatic carbocycles. The summed E-state index contributed by atoms with van der Waals surface area (Å²) in [7, 11) is 0. The minimum atomic E-state index is 0.577. The Labute approximate surface area is 121 Å². The maximum Gasteiger partial charge on any atom is 0.191 e. The molecule has 2 rings (SSSR count). The Hall–Kier alpha value is -1.55. The molecule has 0 bridgehead atoms. The van der Waals surface area contributed by atoms with Crippen LogP contribution in [-0.4, -0.2) is 38.8 Å². The lowest BCUT2D eigenvalue weighted by Gasteiger charge is -2.28. The van der Waals surface area contributed by atoms with Crippen LogP contribution in [0.5, 0.6) is 0 Å². The Balaban J connectivity index is 1.81.